The predicted octanol–water partition coefficient (Wildman–Crippen LogP) is 2.32. The Hall–Kier alpha value is -2.93. The van der Waals surface area contributed by atoms with Crippen LogP contribution in [0.1, 0.15) is 40.3 Å². The number of amides is 1. The molecule has 0 spiro atoms. The number of nitrogens with zero attached hydrogens (tertiary/aromatic N) is 2. The number of pyridine rings is 1. The lowest BCUT2D eigenvalue weighted by molar-refractivity contribution is -0.00522. The third-order valence-corrected chi connectivity index (χ3v) is 4.41. The topological polar surface area (TPSA) is 91.8 Å². The SMILES string of the molecule is CC1CN(c2ccnc(C(=O)NCc3ccc(C(=O)O)cc3)c2)CC(C)O1. The van der Waals surface area contributed by atoms with Crippen LogP contribution in [-0.4, -0.2) is 47.3 Å². The molecule has 2 heterocycles. The van der Waals surface area contributed by atoms with Gasteiger partial charge >= 0.3 is 5.97 Å². The number of morpholine rings is 1. The van der Waals surface area contributed by atoms with Gasteiger partial charge in [0.25, 0.3) is 5.91 Å². The average molecular weight is 369 g/mol. The number of anilines is 1. The second kappa shape index (κ2) is 8.18. The molecule has 2 N–H and O–H groups in total. The molecule has 2 aromatic rings. The van der Waals surface area contributed by atoms with E-state index in [9.17, 15) is 9.59 Å². The fourth-order valence-electron chi connectivity index (χ4n) is 3.17. The van der Waals surface area contributed by atoms with Gasteiger partial charge in [0.05, 0.1) is 17.8 Å². The second-order valence-corrected chi connectivity index (χ2v) is 6.75. The number of rotatable bonds is 5. The van der Waals surface area contributed by atoms with Gasteiger partial charge in [0, 0.05) is 31.5 Å². The van der Waals surface area contributed by atoms with E-state index in [2.05, 4.69) is 15.2 Å². The molecule has 1 aliphatic rings. The van der Waals surface area contributed by atoms with Crippen LogP contribution in [0.3, 0.4) is 0 Å². The van der Waals surface area contributed by atoms with Crippen molar-refractivity contribution in [3.8, 4) is 0 Å². The molecule has 2 atom stereocenters. The fourth-order valence-corrected chi connectivity index (χ4v) is 3.17. The number of aromatic nitrogens is 1. The lowest BCUT2D eigenvalue weighted by Crippen LogP contribution is -2.45. The third kappa shape index (κ3) is 4.83. The van der Waals surface area contributed by atoms with Crippen LogP contribution in [0.2, 0.25) is 0 Å². The van der Waals surface area contributed by atoms with E-state index in [4.69, 9.17) is 9.84 Å². The Bertz CT molecular complexity index is 812. The minimum Gasteiger partial charge on any atom is -0.478 e. The summed E-state index contributed by atoms with van der Waals surface area (Å²) in [6, 6.07) is 10.1. The normalized spacial score (nSPS) is 19.6. The molecule has 1 aromatic heterocycles. The zero-order valence-electron chi connectivity index (χ0n) is 15.4. The molecule has 1 aliphatic heterocycles. The van der Waals surface area contributed by atoms with Crippen LogP contribution in [-0.2, 0) is 11.3 Å². The summed E-state index contributed by atoms with van der Waals surface area (Å²) in [6.45, 7) is 5.91. The Morgan fingerprint density at radius 2 is 1.85 bits per heavy atom. The first kappa shape index (κ1) is 18.8. The molecule has 1 amide bonds. The number of carboxylic acids is 1. The Morgan fingerprint density at radius 3 is 2.48 bits per heavy atom. The highest BCUT2D eigenvalue weighted by atomic mass is 16.5. The Balaban J connectivity index is 1.64. The standard InChI is InChI=1S/C20H23N3O4/c1-13-11-23(12-14(2)27-13)17-7-8-21-18(9-17)19(24)22-10-15-3-5-16(6-4-15)20(25)26/h3-9,13-14H,10-12H2,1-2H3,(H,22,24)(H,25,26). The predicted molar refractivity (Wildman–Crippen MR) is 101 cm³/mol. The molecular weight excluding hydrogens is 346 g/mol. The number of hydrogen-bond acceptors (Lipinski definition) is 5. The van der Waals surface area contributed by atoms with Gasteiger partial charge in [-0.05, 0) is 43.7 Å². The van der Waals surface area contributed by atoms with Crippen molar-refractivity contribution >= 4 is 17.6 Å². The summed E-state index contributed by atoms with van der Waals surface area (Å²) in [5, 5.41) is 11.7. The van der Waals surface area contributed by atoms with Gasteiger partial charge in [0.1, 0.15) is 5.69 Å². The van der Waals surface area contributed by atoms with Crippen molar-refractivity contribution in [2.45, 2.75) is 32.6 Å². The molecule has 7 nitrogen and oxygen atoms in total. The van der Waals surface area contributed by atoms with Crippen LogP contribution >= 0.6 is 0 Å². The van der Waals surface area contributed by atoms with E-state index in [0.717, 1.165) is 24.3 Å². The minimum absolute atomic E-state index is 0.132. The van der Waals surface area contributed by atoms with Gasteiger partial charge in [-0.1, -0.05) is 12.1 Å². The maximum absolute atomic E-state index is 12.4. The van der Waals surface area contributed by atoms with Gasteiger partial charge in [-0.15, -0.1) is 0 Å². The van der Waals surface area contributed by atoms with Gasteiger partial charge in [-0.2, -0.15) is 0 Å². The molecule has 3 rings (SSSR count). The van der Waals surface area contributed by atoms with Crippen molar-refractivity contribution < 1.29 is 19.4 Å². The molecule has 0 aliphatic carbocycles. The van der Waals surface area contributed by atoms with E-state index in [1.54, 1.807) is 24.4 Å². The van der Waals surface area contributed by atoms with E-state index in [1.165, 1.54) is 12.1 Å². The third-order valence-electron chi connectivity index (χ3n) is 4.41. The summed E-state index contributed by atoms with van der Waals surface area (Å²) in [7, 11) is 0. The van der Waals surface area contributed by atoms with Gasteiger partial charge in [0.15, 0.2) is 0 Å². The molecule has 27 heavy (non-hydrogen) atoms. The van der Waals surface area contributed by atoms with E-state index >= 15 is 0 Å². The number of carbonyl (C=O) groups is 2. The van der Waals surface area contributed by atoms with Crippen molar-refractivity contribution in [3.63, 3.8) is 0 Å². The molecule has 1 aromatic carbocycles. The number of hydrogen-bond donors (Lipinski definition) is 2. The first-order valence-corrected chi connectivity index (χ1v) is 8.89. The van der Waals surface area contributed by atoms with Gasteiger partial charge in [0.2, 0.25) is 0 Å². The smallest absolute Gasteiger partial charge is 0.335 e. The van der Waals surface area contributed by atoms with E-state index in [-0.39, 0.29) is 23.7 Å². The molecule has 1 fully saturated rings. The summed E-state index contributed by atoms with van der Waals surface area (Å²) >= 11 is 0. The van der Waals surface area contributed by atoms with Crippen molar-refractivity contribution in [2.24, 2.45) is 0 Å². The molecule has 1 saturated heterocycles. The van der Waals surface area contributed by atoms with E-state index in [1.807, 2.05) is 19.9 Å². The number of aromatic carboxylic acids is 1. The molecule has 2 unspecified atom stereocenters. The summed E-state index contributed by atoms with van der Waals surface area (Å²) in [5.41, 5.74) is 2.33. The highest BCUT2D eigenvalue weighted by Crippen LogP contribution is 2.20. The monoisotopic (exact) mass is 369 g/mol. The quantitative estimate of drug-likeness (QED) is 0.840. The Morgan fingerprint density at radius 1 is 1.19 bits per heavy atom. The van der Waals surface area contributed by atoms with E-state index < -0.39 is 5.97 Å². The number of carbonyl (C=O) groups excluding carboxylic acids is 1. The maximum atomic E-state index is 12.4. The Labute approximate surface area is 158 Å². The lowest BCUT2D eigenvalue weighted by Gasteiger charge is -2.36. The summed E-state index contributed by atoms with van der Waals surface area (Å²) in [4.78, 5) is 29.7. The highest BCUT2D eigenvalue weighted by Gasteiger charge is 2.23. The number of benzene rings is 1. The van der Waals surface area contributed by atoms with E-state index in [0.29, 0.717) is 12.2 Å². The molecule has 0 radical (unpaired) electrons. The number of nitrogens with one attached hydrogen (secondary N) is 1. The minimum atomic E-state index is -0.974. The lowest BCUT2D eigenvalue weighted by atomic mass is 10.1. The van der Waals surface area contributed by atoms with Gasteiger partial charge in [-0.25, -0.2) is 4.79 Å². The fraction of sp³-hybridized carbons (Fsp3) is 0.350. The van der Waals surface area contributed by atoms with Crippen molar-refractivity contribution in [2.75, 3.05) is 18.0 Å². The number of ether oxygens (including phenoxy) is 1. The number of carboxylic acid groups (broad SMARTS) is 1. The van der Waals surface area contributed by atoms with Gasteiger partial charge < -0.3 is 20.1 Å². The molecule has 7 heteroatoms. The van der Waals surface area contributed by atoms with Gasteiger partial charge in [-0.3, -0.25) is 9.78 Å². The molecule has 0 bridgehead atoms. The molecule has 142 valence electrons. The first-order valence-electron chi connectivity index (χ1n) is 8.89. The largest absolute Gasteiger partial charge is 0.478 e. The second-order valence-electron chi connectivity index (χ2n) is 6.75. The van der Waals surface area contributed by atoms with Crippen LogP contribution in [0, 0.1) is 0 Å². The first-order chi connectivity index (χ1) is 12.9. The summed E-state index contributed by atoms with van der Waals surface area (Å²) in [6.07, 6.45) is 1.90. The average Bonchev–Trinajstić information content (AvgIpc) is 2.65. The van der Waals surface area contributed by atoms with Crippen LogP contribution in [0.4, 0.5) is 5.69 Å². The maximum Gasteiger partial charge on any atom is 0.335 e. The van der Waals surface area contributed by atoms with Crippen molar-refractivity contribution in [3.05, 3.63) is 59.4 Å². The van der Waals surface area contributed by atoms with Crippen molar-refractivity contribution in [1.29, 1.82) is 0 Å². The highest BCUT2D eigenvalue weighted by molar-refractivity contribution is 5.93. The zero-order valence-corrected chi connectivity index (χ0v) is 15.4. The zero-order chi connectivity index (χ0) is 19.4. The molecular formula is C20H23N3O4. The Kier molecular flexibility index (Phi) is 5.71. The van der Waals surface area contributed by atoms with Crippen LogP contribution in [0.15, 0.2) is 42.6 Å². The summed E-state index contributed by atoms with van der Waals surface area (Å²) in [5.74, 6) is -1.24. The van der Waals surface area contributed by atoms with Crippen LogP contribution in [0.5, 0.6) is 0 Å². The van der Waals surface area contributed by atoms with Crippen LogP contribution in [0.25, 0.3) is 0 Å². The van der Waals surface area contributed by atoms with Crippen molar-refractivity contribution in [1.82, 2.24) is 10.3 Å². The molecule has 0 saturated carbocycles. The summed E-state index contributed by atoms with van der Waals surface area (Å²) < 4.78 is 5.75. The van der Waals surface area contributed by atoms with Crippen LogP contribution < -0.4 is 10.2 Å².